The van der Waals surface area contributed by atoms with E-state index in [1.807, 2.05) is 12.1 Å². The van der Waals surface area contributed by atoms with Gasteiger partial charge in [0.15, 0.2) is 0 Å². The highest BCUT2D eigenvalue weighted by molar-refractivity contribution is 5.85. The molecular weight excluding hydrogens is 216 g/mol. The van der Waals surface area contributed by atoms with Crippen LogP contribution in [-0.4, -0.2) is 18.2 Å². The van der Waals surface area contributed by atoms with Crippen molar-refractivity contribution in [3.8, 4) is 0 Å². The van der Waals surface area contributed by atoms with E-state index in [1.165, 1.54) is 7.11 Å². The van der Waals surface area contributed by atoms with E-state index in [2.05, 4.69) is 0 Å². The monoisotopic (exact) mass is 232 g/mol. The van der Waals surface area contributed by atoms with Crippen molar-refractivity contribution in [2.75, 3.05) is 7.11 Å². The molecule has 90 valence electrons. The maximum atomic E-state index is 11.9. The van der Waals surface area contributed by atoms with E-state index in [9.17, 15) is 9.90 Å². The average Bonchev–Trinajstić information content (AvgIpc) is 2.92. The molecule has 3 heteroatoms. The maximum absolute atomic E-state index is 11.9. The largest absolute Gasteiger partial charge is 0.466 e. The summed E-state index contributed by atoms with van der Waals surface area (Å²) >= 11 is 0. The van der Waals surface area contributed by atoms with Gasteiger partial charge in [-0.3, -0.25) is 0 Å². The fourth-order valence-electron chi connectivity index (χ4n) is 2.26. The minimum atomic E-state index is -1.62. The standard InChI is InChI=1S/C14H16O3/c1-17-13(15)14(16,12-9-5-6-10-12)11-7-3-2-4-8-11/h2-4,7-9,16H,5-6,10H2,1H3/t14-/m0/s1. The number of carbonyl (C=O) groups excluding carboxylic acids is 1. The molecule has 17 heavy (non-hydrogen) atoms. The number of aliphatic hydroxyl groups is 1. The summed E-state index contributed by atoms with van der Waals surface area (Å²) in [6.07, 6.45) is 4.55. The lowest BCUT2D eigenvalue weighted by Gasteiger charge is -2.27. The molecule has 0 fully saturated rings. The van der Waals surface area contributed by atoms with Crippen LogP contribution in [0.25, 0.3) is 0 Å². The van der Waals surface area contributed by atoms with Crippen molar-refractivity contribution in [1.82, 2.24) is 0 Å². The molecule has 0 aliphatic heterocycles. The highest BCUT2D eigenvalue weighted by atomic mass is 16.5. The SMILES string of the molecule is COC(=O)[C@@](O)(C1=CCCC1)c1ccccc1. The van der Waals surface area contributed by atoms with Crippen molar-refractivity contribution < 1.29 is 14.6 Å². The van der Waals surface area contributed by atoms with Crippen molar-refractivity contribution in [3.05, 3.63) is 47.5 Å². The van der Waals surface area contributed by atoms with Crippen LogP contribution in [0.2, 0.25) is 0 Å². The summed E-state index contributed by atoms with van der Waals surface area (Å²) < 4.78 is 4.75. The van der Waals surface area contributed by atoms with Gasteiger partial charge < -0.3 is 9.84 Å². The quantitative estimate of drug-likeness (QED) is 0.641. The maximum Gasteiger partial charge on any atom is 0.347 e. The molecule has 1 N–H and O–H groups in total. The molecule has 1 aliphatic carbocycles. The van der Waals surface area contributed by atoms with E-state index in [1.54, 1.807) is 24.3 Å². The first kappa shape index (κ1) is 11.9. The van der Waals surface area contributed by atoms with Crippen LogP contribution in [0.5, 0.6) is 0 Å². The molecule has 1 aromatic carbocycles. The number of esters is 1. The van der Waals surface area contributed by atoms with Crippen LogP contribution >= 0.6 is 0 Å². The normalized spacial score (nSPS) is 18.4. The molecule has 0 radical (unpaired) electrons. The zero-order valence-electron chi connectivity index (χ0n) is 9.85. The Balaban J connectivity index is 2.47. The first-order chi connectivity index (χ1) is 8.19. The molecule has 0 bridgehead atoms. The van der Waals surface area contributed by atoms with Gasteiger partial charge in [0.1, 0.15) is 0 Å². The Labute approximate surface area is 101 Å². The average molecular weight is 232 g/mol. The number of hydrogen-bond donors (Lipinski definition) is 1. The van der Waals surface area contributed by atoms with Crippen LogP contribution in [0.3, 0.4) is 0 Å². The van der Waals surface area contributed by atoms with Gasteiger partial charge in [0.2, 0.25) is 5.60 Å². The zero-order valence-corrected chi connectivity index (χ0v) is 9.85. The van der Waals surface area contributed by atoms with E-state index in [4.69, 9.17) is 4.74 Å². The van der Waals surface area contributed by atoms with Gasteiger partial charge >= 0.3 is 5.97 Å². The zero-order chi connectivity index (χ0) is 12.3. The minimum Gasteiger partial charge on any atom is -0.466 e. The number of benzene rings is 1. The van der Waals surface area contributed by atoms with Gasteiger partial charge in [0, 0.05) is 0 Å². The molecule has 0 saturated heterocycles. The van der Waals surface area contributed by atoms with Crippen molar-refractivity contribution in [3.63, 3.8) is 0 Å². The lowest BCUT2D eigenvalue weighted by molar-refractivity contribution is -0.159. The second-order valence-electron chi connectivity index (χ2n) is 4.19. The molecule has 0 spiro atoms. The van der Waals surface area contributed by atoms with E-state index >= 15 is 0 Å². The number of allylic oxidation sites excluding steroid dienone is 1. The van der Waals surface area contributed by atoms with Crippen LogP contribution < -0.4 is 0 Å². The van der Waals surface area contributed by atoms with Gasteiger partial charge in [-0.1, -0.05) is 36.4 Å². The van der Waals surface area contributed by atoms with E-state index in [0.717, 1.165) is 24.8 Å². The molecule has 0 aromatic heterocycles. The number of carbonyl (C=O) groups is 1. The third-order valence-corrected chi connectivity index (χ3v) is 3.18. The molecule has 2 rings (SSSR count). The molecule has 0 saturated carbocycles. The first-order valence-electron chi connectivity index (χ1n) is 5.75. The first-order valence-corrected chi connectivity index (χ1v) is 5.75. The summed E-state index contributed by atoms with van der Waals surface area (Å²) in [5.74, 6) is -0.614. The van der Waals surface area contributed by atoms with Crippen molar-refractivity contribution in [2.45, 2.75) is 24.9 Å². The fourth-order valence-corrected chi connectivity index (χ4v) is 2.26. The van der Waals surface area contributed by atoms with Crippen LogP contribution in [0.4, 0.5) is 0 Å². The number of ether oxygens (including phenoxy) is 1. The van der Waals surface area contributed by atoms with Crippen LogP contribution in [-0.2, 0) is 15.1 Å². The number of rotatable bonds is 3. The number of methoxy groups -OCH3 is 1. The predicted octanol–water partition coefficient (Wildman–Crippen LogP) is 2.16. The van der Waals surface area contributed by atoms with Crippen molar-refractivity contribution in [2.24, 2.45) is 0 Å². The summed E-state index contributed by atoms with van der Waals surface area (Å²) in [6, 6.07) is 8.95. The molecule has 1 atom stereocenters. The summed E-state index contributed by atoms with van der Waals surface area (Å²) in [5, 5.41) is 10.7. The Morgan fingerprint density at radius 1 is 1.35 bits per heavy atom. The third-order valence-electron chi connectivity index (χ3n) is 3.18. The summed E-state index contributed by atoms with van der Waals surface area (Å²) in [6.45, 7) is 0. The minimum absolute atomic E-state index is 0.569. The van der Waals surface area contributed by atoms with Gasteiger partial charge in [-0.15, -0.1) is 0 Å². The van der Waals surface area contributed by atoms with E-state index < -0.39 is 11.6 Å². The molecule has 3 nitrogen and oxygen atoms in total. The Kier molecular flexibility index (Phi) is 3.29. The van der Waals surface area contributed by atoms with Gasteiger partial charge in [-0.05, 0) is 30.4 Å². The number of hydrogen-bond acceptors (Lipinski definition) is 3. The molecular formula is C14H16O3. The molecule has 1 aromatic rings. The summed E-state index contributed by atoms with van der Waals surface area (Å²) in [5.41, 5.74) is -0.303. The van der Waals surface area contributed by atoms with Gasteiger partial charge in [-0.2, -0.15) is 0 Å². The second-order valence-corrected chi connectivity index (χ2v) is 4.19. The summed E-state index contributed by atoms with van der Waals surface area (Å²) in [7, 11) is 1.30. The van der Waals surface area contributed by atoms with Gasteiger partial charge in [-0.25, -0.2) is 4.79 Å². The van der Waals surface area contributed by atoms with Crippen LogP contribution in [0.15, 0.2) is 42.0 Å². The lowest BCUT2D eigenvalue weighted by Crippen LogP contribution is -2.38. The third kappa shape index (κ3) is 1.98. The molecule has 1 aliphatic rings. The lowest BCUT2D eigenvalue weighted by atomic mass is 9.85. The van der Waals surface area contributed by atoms with E-state index in [-0.39, 0.29) is 0 Å². The molecule has 0 unspecified atom stereocenters. The fraction of sp³-hybridized carbons (Fsp3) is 0.357. The van der Waals surface area contributed by atoms with Gasteiger partial charge in [0.25, 0.3) is 0 Å². The van der Waals surface area contributed by atoms with Gasteiger partial charge in [0.05, 0.1) is 7.11 Å². The molecule has 0 amide bonds. The Hall–Kier alpha value is -1.61. The Morgan fingerprint density at radius 3 is 2.59 bits per heavy atom. The topological polar surface area (TPSA) is 46.5 Å². The molecule has 0 heterocycles. The second kappa shape index (κ2) is 4.72. The van der Waals surface area contributed by atoms with Crippen molar-refractivity contribution in [1.29, 1.82) is 0 Å². The Bertz CT molecular complexity index is 436. The predicted molar refractivity (Wildman–Crippen MR) is 64.3 cm³/mol. The van der Waals surface area contributed by atoms with Crippen molar-refractivity contribution >= 4 is 5.97 Å². The highest BCUT2D eigenvalue weighted by Crippen LogP contribution is 2.37. The highest BCUT2D eigenvalue weighted by Gasteiger charge is 2.43. The van der Waals surface area contributed by atoms with Crippen LogP contribution in [0, 0.1) is 0 Å². The smallest absolute Gasteiger partial charge is 0.347 e. The summed E-state index contributed by atoms with van der Waals surface area (Å²) in [4.78, 5) is 11.9. The van der Waals surface area contributed by atoms with E-state index in [0.29, 0.717) is 5.56 Å². The van der Waals surface area contributed by atoms with Crippen LogP contribution in [0.1, 0.15) is 24.8 Å². The Morgan fingerprint density at radius 2 is 2.06 bits per heavy atom.